The molecule has 0 heterocycles. The molecule has 0 unspecified atom stereocenters. The third-order valence-corrected chi connectivity index (χ3v) is 3.38. The number of ether oxygens (including phenoxy) is 3. The van der Waals surface area contributed by atoms with E-state index in [1.165, 1.54) is 12.1 Å². The molecule has 2 rings (SSSR count). The van der Waals surface area contributed by atoms with E-state index < -0.39 is 5.82 Å². The molecular formula is C18H19FN2O3. The fourth-order valence-electron chi connectivity index (χ4n) is 2.09. The van der Waals surface area contributed by atoms with Crippen molar-refractivity contribution in [2.45, 2.75) is 6.10 Å². The van der Waals surface area contributed by atoms with Gasteiger partial charge in [0.15, 0.2) is 11.6 Å². The highest BCUT2D eigenvalue weighted by atomic mass is 19.1. The van der Waals surface area contributed by atoms with E-state index in [1.807, 2.05) is 6.07 Å². The van der Waals surface area contributed by atoms with Crippen molar-refractivity contribution in [1.29, 1.82) is 5.26 Å². The topological polar surface area (TPSA) is 63.5 Å². The summed E-state index contributed by atoms with van der Waals surface area (Å²) in [5, 5.41) is 12.1. The summed E-state index contributed by atoms with van der Waals surface area (Å²) in [6.45, 7) is 0.930. The molecule has 0 saturated carbocycles. The minimum absolute atomic E-state index is 0.0587. The molecule has 0 aliphatic rings. The summed E-state index contributed by atoms with van der Waals surface area (Å²) in [7, 11) is 3.19. The van der Waals surface area contributed by atoms with Crippen LogP contribution in [0.5, 0.6) is 11.5 Å². The second-order valence-electron chi connectivity index (χ2n) is 5.05. The van der Waals surface area contributed by atoms with Gasteiger partial charge in [-0.15, -0.1) is 0 Å². The Kier molecular flexibility index (Phi) is 6.55. The Labute approximate surface area is 140 Å². The van der Waals surface area contributed by atoms with E-state index in [9.17, 15) is 4.39 Å². The van der Waals surface area contributed by atoms with Gasteiger partial charge in [-0.2, -0.15) is 5.26 Å². The SMILES string of the molecule is COC[C@@H](CNc1ccc(Oc2ccccc2C#N)c(F)c1)OC. The summed E-state index contributed by atoms with van der Waals surface area (Å²) >= 11 is 0. The highest BCUT2D eigenvalue weighted by Gasteiger charge is 2.10. The average molecular weight is 330 g/mol. The van der Waals surface area contributed by atoms with E-state index in [1.54, 1.807) is 44.6 Å². The number of para-hydroxylation sites is 1. The Bertz CT molecular complexity index is 716. The van der Waals surface area contributed by atoms with Crippen LogP contribution < -0.4 is 10.1 Å². The van der Waals surface area contributed by atoms with Gasteiger partial charge in [0.2, 0.25) is 0 Å². The number of nitrogens with one attached hydrogen (secondary N) is 1. The molecule has 1 N–H and O–H groups in total. The van der Waals surface area contributed by atoms with Crippen LogP contribution in [0.1, 0.15) is 5.56 Å². The van der Waals surface area contributed by atoms with Crippen LogP contribution in [0.2, 0.25) is 0 Å². The number of nitriles is 1. The fraction of sp³-hybridized carbons (Fsp3) is 0.278. The molecule has 0 aromatic heterocycles. The molecule has 0 bridgehead atoms. The first kappa shape index (κ1) is 17.7. The van der Waals surface area contributed by atoms with Gasteiger partial charge in [0.1, 0.15) is 11.8 Å². The predicted molar refractivity (Wildman–Crippen MR) is 88.8 cm³/mol. The van der Waals surface area contributed by atoms with Gasteiger partial charge in [-0.05, 0) is 24.3 Å². The first-order valence-electron chi connectivity index (χ1n) is 7.40. The Morgan fingerprint density at radius 2 is 1.96 bits per heavy atom. The van der Waals surface area contributed by atoms with E-state index in [4.69, 9.17) is 19.5 Å². The fourth-order valence-corrected chi connectivity index (χ4v) is 2.09. The summed E-state index contributed by atoms with van der Waals surface area (Å²) in [5.41, 5.74) is 0.952. The molecule has 0 spiro atoms. The maximum atomic E-state index is 14.2. The number of anilines is 1. The smallest absolute Gasteiger partial charge is 0.167 e. The second-order valence-corrected chi connectivity index (χ2v) is 5.05. The summed E-state index contributed by atoms with van der Waals surface area (Å²) in [6.07, 6.45) is -0.128. The van der Waals surface area contributed by atoms with Gasteiger partial charge in [-0.25, -0.2) is 4.39 Å². The number of halogens is 1. The number of methoxy groups -OCH3 is 2. The zero-order valence-electron chi connectivity index (χ0n) is 13.6. The molecule has 5 nitrogen and oxygen atoms in total. The van der Waals surface area contributed by atoms with Crippen LogP contribution in [0.3, 0.4) is 0 Å². The van der Waals surface area contributed by atoms with Crippen LogP contribution >= 0.6 is 0 Å². The summed E-state index contributed by atoms with van der Waals surface area (Å²) in [4.78, 5) is 0. The van der Waals surface area contributed by atoms with Crippen molar-refractivity contribution in [2.75, 3.05) is 32.7 Å². The highest BCUT2D eigenvalue weighted by Crippen LogP contribution is 2.28. The summed E-state index contributed by atoms with van der Waals surface area (Å²) in [5.74, 6) is -0.143. The van der Waals surface area contributed by atoms with Crippen molar-refractivity contribution < 1.29 is 18.6 Å². The van der Waals surface area contributed by atoms with Gasteiger partial charge in [-0.1, -0.05) is 12.1 Å². The van der Waals surface area contributed by atoms with Crippen LogP contribution in [-0.4, -0.2) is 33.5 Å². The van der Waals surface area contributed by atoms with Gasteiger partial charge < -0.3 is 19.5 Å². The zero-order chi connectivity index (χ0) is 17.4. The molecule has 2 aromatic rings. The van der Waals surface area contributed by atoms with E-state index in [2.05, 4.69) is 5.32 Å². The Morgan fingerprint density at radius 1 is 1.17 bits per heavy atom. The molecule has 0 aliphatic heterocycles. The minimum atomic E-state index is -0.520. The Balaban J connectivity index is 2.06. The van der Waals surface area contributed by atoms with Crippen molar-refractivity contribution in [3.8, 4) is 17.6 Å². The van der Waals surface area contributed by atoms with Crippen LogP contribution in [-0.2, 0) is 9.47 Å². The number of hydrogen-bond donors (Lipinski definition) is 1. The maximum absolute atomic E-state index is 14.2. The van der Waals surface area contributed by atoms with Gasteiger partial charge in [0.05, 0.1) is 18.3 Å². The lowest BCUT2D eigenvalue weighted by Crippen LogP contribution is -2.26. The first-order valence-corrected chi connectivity index (χ1v) is 7.40. The molecule has 1 atom stereocenters. The molecule has 0 aliphatic carbocycles. The molecule has 2 aromatic carbocycles. The average Bonchev–Trinajstić information content (AvgIpc) is 2.61. The van der Waals surface area contributed by atoms with Gasteiger partial charge in [-0.3, -0.25) is 0 Å². The lowest BCUT2D eigenvalue weighted by Gasteiger charge is -2.16. The Morgan fingerprint density at radius 3 is 2.62 bits per heavy atom. The van der Waals surface area contributed by atoms with Crippen LogP contribution in [0.4, 0.5) is 10.1 Å². The highest BCUT2D eigenvalue weighted by molar-refractivity contribution is 5.50. The first-order chi connectivity index (χ1) is 11.7. The zero-order valence-corrected chi connectivity index (χ0v) is 13.6. The molecule has 0 saturated heterocycles. The van der Waals surface area contributed by atoms with E-state index in [-0.39, 0.29) is 11.9 Å². The van der Waals surface area contributed by atoms with Crippen molar-refractivity contribution in [3.05, 3.63) is 53.8 Å². The summed E-state index contributed by atoms with van der Waals surface area (Å²) < 4.78 is 30.0. The molecule has 0 fully saturated rings. The molecule has 0 radical (unpaired) electrons. The standard InChI is InChI=1S/C18H19FN2O3/c1-22-12-15(23-2)11-21-14-7-8-18(16(19)9-14)24-17-6-4-3-5-13(17)10-20/h3-9,15,21H,11-12H2,1-2H3/t15-/m1/s1. The minimum Gasteiger partial charge on any atom is -0.453 e. The van der Waals surface area contributed by atoms with Crippen LogP contribution in [0, 0.1) is 17.1 Å². The molecule has 126 valence electrons. The van der Waals surface area contributed by atoms with Crippen molar-refractivity contribution in [2.24, 2.45) is 0 Å². The van der Waals surface area contributed by atoms with Gasteiger partial charge in [0.25, 0.3) is 0 Å². The number of benzene rings is 2. The third-order valence-electron chi connectivity index (χ3n) is 3.38. The monoisotopic (exact) mass is 330 g/mol. The van der Waals surface area contributed by atoms with Crippen LogP contribution in [0.15, 0.2) is 42.5 Å². The molecule has 0 amide bonds. The van der Waals surface area contributed by atoms with E-state index in [0.717, 1.165) is 0 Å². The molecule has 6 heteroatoms. The normalized spacial score (nSPS) is 11.6. The Hall–Kier alpha value is -2.62. The van der Waals surface area contributed by atoms with Crippen LogP contribution in [0.25, 0.3) is 0 Å². The summed E-state index contributed by atoms with van der Waals surface area (Å²) in [6, 6.07) is 13.3. The van der Waals surface area contributed by atoms with Gasteiger partial charge >= 0.3 is 0 Å². The molecular weight excluding hydrogens is 311 g/mol. The number of nitrogens with zero attached hydrogens (tertiary/aromatic N) is 1. The van der Waals surface area contributed by atoms with E-state index >= 15 is 0 Å². The maximum Gasteiger partial charge on any atom is 0.167 e. The molecule has 24 heavy (non-hydrogen) atoms. The quantitative estimate of drug-likeness (QED) is 0.802. The number of rotatable bonds is 8. The van der Waals surface area contributed by atoms with Gasteiger partial charge in [0, 0.05) is 32.5 Å². The number of hydrogen-bond acceptors (Lipinski definition) is 5. The second kappa shape index (κ2) is 8.87. The lowest BCUT2D eigenvalue weighted by atomic mass is 10.2. The van der Waals surface area contributed by atoms with Crippen molar-refractivity contribution >= 4 is 5.69 Å². The van der Waals surface area contributed by atoms with Crippen molar-refractivity contribution in [3.63, 3.8) is 0 Å². The third kappa shape index (κ3) is 4.69. The van der Waals surface area contributed by atoms with E-state index in [0.29, 0.717) is 30.2 Å². The van der Waals surface area contributed by atoms with Crippen molar-refractivity contribution in [1.82, 2.24) is 0 Å². The predicted octanol–water partition coefficient (Wildman–Crippen LogP) is 3.56. The lowest BCUT2D eigenvalue weighted by molar-refractivity contribution is 0.0365. The largest absolute Gasteiger partial charge is 0.453 e.